The van der Waals surface area contributed by atoms with Crippen LogP contribution in [-0.4, -0.2) is 11.0 Å². The van der Waals surface area contributed by atoms with Crippen molar-refractivity contribution >= 4 is 17.2 Å². The van der Waals surface area contributed by atoms with E-state index in [9.17, 15) is 5.26 Å². The number of pyridine rings is 1. The molecule has 0 spiro atoms. The lowest BCUT2D eigenvalue weighted by Gasteiger charge is -2.28. The molecule has 1 aliphatic carbocycles. The molecule has 2 aromatic rings. The van der Waals surface area contributed by atoms with E-state index >= 15 is 0 Å². The zero-order valence-electron chi connectivity index (χ0n) is 12.5. The topological polar surface area (TPSA) is 39.9 Å². The van der Waals surface area contributed by atoms with E-state index in [0.29, 0.717) is 11.6 Å². The molecule has 0 unspecified atom stereocenters. The Morgan fingerprint density at radius 2 is 2.29 bits per heavy atom. The average molecular weight is 297 g/mol. The van der Waals surface area contributed by atoms with Crippen LogP contribution in [0.2, 0.25) is 0 Å². The van der Waals surface area contributed by atoms with Crippen LogP contribution >= 0.6 is 11.3 Å². The molecule has 0 aromatic carbocycles. The van der Waals surface area contributed by atoms with Crippen molar-refractivity contribution in [3.63, 3.8) is 0 Å². The molecule has 3 nitrogen and oxygen atoms in total. The molecule has 0 saturated carbocycles. The second kappa shape index (κ2) is 5.87. The number of anilines is 1. The Labute approximate surface area is 129 Å². The summed E-state index contributed by atoms with van der Waals surface area (Å²) >= 11 is 1.75. The molecular formula is C17H19N3S. The molecule has 3 rings (SSSR count). The zero-order chi connectivity index (χ0) is 14.8. The summed E-state index contributed by atoms with van der Waals surface area (Å²) in [6.45, 7) is 5.13. The number of fused-ring (bicyclic) bond motifs is 1. The van der Waals surface area contributed by atoms with E-state index < -0.39 is 0 Å². The van der Waals surface area contributed by atoms with E-state index in [-0.39, 0.29) is 0 Å². The van der Waals surface area contributed by atoms with Crippen LogP contribution in [0.5, 0.6) is 0 Å². The first-order valence-electron chi connectivity index (χ1n) is 7.41. The van der Waals surface area contributed by atoms with Crippen molar-refractivity contribution in [3.05, 3.63) is 45.3 Å². The van der Waals surface area contributed by atoms with E-state index in [1.54, 1.807) is 11.3 Å². The second-order valence-corrected chi connectivity index (χ2v) is 6.76. The van der Waals surface area contributed by atoms with Crippen LogP contribution in [0.3, 0.4) is 0 Å². The molecule has 4 heteroatoms. The third-order valence-corrected chi connectivity index (χ3v) is 4.81. The molecule has 2 aromatic heterocycles. The number of hydrogen-bond donors (Lipinski definition) is 0. The molecule has 0 bridgehead atoms. The van der Waals surface area contributed by atoms with Crippen LogP contribution < -0.4 is 4.90 Å². The van der Waals surface area contributed by atoms with Crippen molar-refractivity contribution in [2.75, 3.05) is 4.90 Å². The van der Waals surface area contributed by atoms with Gasteiger partial charge in [-0.3, -0.25) is 0 Å². The second-order valence-electron chi connectivity index (χ2n) is 5.73. The van der Waals surface area contributed by atoms with Gasteiger partial charge in [0.05, 0.1) is 12.1 Å². The van der Waals surface area contributed by atoms with E-state index in [1.807, 2.05) is 0 Å². The van der Waals surface area contributed by atoms with E-state index in [0.717, 1.165) is 31.6 Å². The minimum Gasteiger partial charge on any atom is -0.348 e. The van der Waals surface area contributed by atoms with Crippen LogP contribution in [0.4, 0.5) is 5.82 Å². The van der Waals surface area contributed by atoms with Crippen LogP contribution in [0.15, 0.2) is 23.6 Å². The third-order valence-electron chi connectivity index (χ3n) is 3.95. The van der Waals surface area contributed by atoms with E-state index in [4.69, 9.17) is 4.98 Å². The van der Waals surface area contributed by atoms with Crippen molar-refractivity contribution in [3.8, 4) is 6.07 Å². The number of thiophene rings is 1. The third kappa shape index (κ3) is 2.79. The van der Waals surface area contributed by atoms with Gasteiger partial charge in [-0.2, -0.15) is 5.26 Å². The minimum atomic E-state index is 0.311. The first kappa shape index (κ1) is 14.1. The van der Waals surface area contributed by atoms with Crippen LogP contribution in [0, 0.1) is 11.3 Å². The molecule has 2 heterocycles. The van der Waals surface area contributed by atoms with Crippen molar-refractivity contribution in [1.82, 2.24) is 4.98 Å². The molecule has 0 N–H and O–H groups in total. The maximum absolute atomic E-state index is 9.49. The number of nitriles is 1. The normalized spacial score (nSPS) is 13.2. The largest absolute Gasteiger partial charge is 0.348 e. The number of aromatic nitrogens is 1. The number of nitrogens with zero attached hydrogens (tertiary/aromatic N) is 3. The van der Waals surface area contributed by atoms with Gasteiger partial charge in [0.2, 0.25) is 0 Å². The fraction of sp³-hybridized carbons (Fsp3) is 0.412. The fourth-order valence-corrected chi connectivity index (χ4v) is 3.54. The Kier molecular flexibility index (Phi) is 3.94. The standard InChI is InChI=1S/C17H19N3S/c1-12(2)20(11-15-6-4-8-21-15)17-14(10-18)9-13-5-3-7-16(13)19-17/h4,6,8-9,12H,3,5,7,11H2,1-2H3. The molecule has 0 saturated heterocycles. The van der Waals surface area contributed by atoms with Gasteiger partial charge in [-0.1, -0.05) is 6.07 Å². The van der Waals surface area contributed by atoms with Crippen LogP contribution in [0.1, 0.15) is 42.0 Å². The lowest BCUT2D eigenvalue weighted by atomic mass is 10.1. The Morgan fingerprint density at radius 3 is 2.95 bits per heavy atom. The molecular weight excluding hydrogens is 278 g/mol. The predicted molar refractivity (Wildman–Crippen MR) is 86.6 cm³/mol. The summed E-state index contributed by atoms with van der Waals surface area (Å²) in [6, 6.07) is 8.91. The minimum absolute atomic E-state index is 0.311. The van der Waals surface area contributed by atoms with E-state index in [2.05, 4.69) is 48.4 Å². The highest BCUT2D eigenvalue weighted by atomic mass is 32.1. The van der Waals surface area contributed by atoms with Gasteiger partial charge in [-0.15, -0.1) is 11.3 Å². The highest BCUT2D eigenvalue weighted by Gasteiger charge is 2.22. The predicted octanol–water partition coefficient (Wildman–Crippen LogP) is 3.92. The highest BCUT2D eigenvalue weighted by molar-refractivity contribution is 7.09. The molecule has 0 atom stereocenters. The van der Waals surface area contributed by atoms with Crippen molar-refractivity contribution in [1.29, 1.82) is 5.26 Å². The van der Waals surface area contributed by atoms with Gasteiger partial charge >= 0.3 is 0 Å². The van der Waals surface area contributed by atoms with Crippen LogP contribution in [-0.2, 0) is 19.4 Å². The summed E-state index contributed by atoms with van der Waals surface area (Å²) in [5, 5.41) is 11.6. The average Bonchev–Trinajstić information content (AvgIpc) is 3.13. The first-order chi connectivity index (χ1) is 10.2. The molecule has 21 heavy (non-hydrogen) atoms. The van der Waals surface area contributed by atoms with Gasteiger partial charge in [0.1, 0.15) is 11.9 Å². The maximum Gasteiger partial charge on any atom is 0.147 e. The van der Waals surface area contributed by atoms with Crippen molar-refractivity contribution in [2.45, 2.75) is 45.7 Å². The van der Waals surface area contributed by atoms with Gasteiger partial charge in [0, 0.05) is 16.6 Å². The zero-order valence-corrected chi connectivity index (χ0v) is 13.3. The summed E-state index contributed by atoms with van der Waals surface area (Å²) in [4.78, 5) is 8.37. The quantitative estimate of drug-likeness (QED) is 0.858. The van der Waals surface area contributed by atoms with Gasteiger partial charge in [0.25, 0.3) is 0 Å². The molecule has 0 amide bonds. The van der Waals surface area contributed by atoms with E-state index in [1.165, 1.54) is 16.1 Å². The summed E-state index contributed by atoms with van der Waals surface area (Å²) in [6.07, 6.45) is 3.26. The smallest absolute Gasteiger partial charge is 0.147 e. The van der Waals surface area contributed by atoms with Gasteiger partial charge in [-0.05, 0) is 56.2 Å². The summed E-state index contributed by atoms with van der Waals surface area (Å²) in [5.41, 5.74) is 3.15. The number of rotatable bonds is 4. The number of aryl methyl sites for hydroxylation is 2. The molecule has 0 aliphatic heterocycles. The molecule has 1 aliphatic rings. The van der Waals surface area contributed by atoms with Gasteiger partial charge in [-0.25, -0.2) is 4.98 Å². The van der Waals surface area contributed by atoms with Crippen molar-refractivity contribution in [2.24, 2.45) is 0 Å². The fourth-order valence-electron chi connectivity index (χ4n) is 2.83. The van der Waals surface area contributed by atoms with Crippen LogP contribution in [0.25, 0.3) is 0 Å². The Balaban J connectivity index is 2.01. The van der Waals surface area contributed by atoms with Gasteiger partial charge < -0.3 is 4.90 Å². The summed E-state index contributed by atoms with van der Waals surface area (Å²) in [5.74, 6) is 0.849. The van der Waals surface area contributed by atoms with Crippen molar-refractivity contribution < 1.29 is 0 Å². The summed E-state index contributed by atoms with van der Waals surface area (Å²) in [7, 11) is 0. The Morgan fingerprint density at radius 1 is 1.43 bits per heavy atom. The molecule has 108 valence electrons. The van der Waals surface area contributed by atoms with Gasteiger partial charge in [0.15, 0.2) is 0 Å². The lowest BCUT2D eigenvalue weighted by Crippen LogP contribution is -2.31. The first-order valence-corrected chi connectivity index (χ1v) is 8.29. The monoisotopic (exact) mass is 297 g/mol. The Hall–Kier alpha value is -1.86. The lowest BCUT2D eigenvalue weighted by molar-refractivity contribution is 0.674. The highest BCUT2D eigenvalue weighted by Crippen LogP contribution is 2.29. The summed E-state index contributed by atoms with van der Waals surface area (Å²) < 4.78 is 0. The molecule has 0 fully saturated rings. The Bertz CT molecular complexity index is 668. The maximum atomic E-state index is 9.49. The number of hydrogen-bond acceptors (Lipinski definition) is 4. The molecule has 0 radical (unpaired) electrons. The SMILES string of the molecule is CC(C)N(Cc1cccs1)c1nc2c(cc1C#N)CCC2.